The lowest BCUT2D eigenvalue weighted by Crippen LogP contribution is -2.39. The highest BCUT2D eigenvalue weighted by Gasteiger charge is 2.35. The molecule has 1 N–H and O–H groups in total. The Kier molecular flexibility index (Phi) is 7.28. The molecule has 1 saturated carbocycles. The first-order valence-corrected chi connectivity index (χ1v) is 13.9. The maximum atomic E-state index is 13.7. The second-order valence-electron chi connectivity index (χ2n) is 10.7. The molecule has 2 aromatic carbocycles. The van der Waals surface area contributed by atoms with Crippen LogP contribution in [0.4, 0.5) is 0 Å². The van der Waals surface area contributed by atoms with Crippen molar-refractivity contribution in [3.8, 4) is 0 Å². The number of rotatable bonds is 8. The molecule has 1 saturated heterocycles. The van der Waals surface area contributed by atoms with E-state index in [2.05, 4.69) is 37.5 Å². The third kappa shape index (κ3) is 5.25. The number of tetrazole rings is 1. The molecule has 6 rings (SSSR count). The summed E-state index contributed by atoms with van der Waals surface area (Å²) in [6, 6.07) is 15.8. The first-order chi connectivity index (χ1) is 18.5. The summed E-state index contributed by atoms with van der Waals surface area (Å²) in [6.45, 7) is 4.06. The number of aromatic amines is 1. The molecule has 2 unspecified atom stereocenters. The molecule has 198 valence electrons. The van der Waals surface area contributed by atoms with E-state index >= 15 is 0 Å². The van der Waals surface area contributed by atoms with Crippen LogP contribution >= 0.6 is 11.6 Å². The van der Waals surface area contributed by atoms with Crippen molar-refractivity contribution in [2.75, 3.05) is 13.2 Å². The molecule has 2 fully saturated rings. The van der Waals surface area contributed by atoms with E-state index in [1.54, 1.807) is 0 Å². The fourth-order valence-electron chi connectivity index (χ4n) is 5.96. The third-order valence-electron chi connectivity index (χ3n) is 7.88. The summed E-state index contributed by atoms with van der Waals surface area (Å²) >= 11 is 6.20. The van der Waals surface area contributed by atoms with Crippen molar-refractivity contribution in [1.29, 1.82) is 0 Å². The van der Waals surface area contributed by atoms with Crippen molar-refractivity contribution in [1.82, 2.24) is 30.1 Å². The van der Waals surface area contributed by atoms with Gasteiger partial charge in [-0.05, 0) is 83.8 Å². The summed E-state index contributed by atoms with van der Waals surface area (Å²) in [5.41, 5.74) is 3.55. The number of fused-ring (bicyclic) bond motifs is 1. The van der Waals surface area contributed by atoms with Gasteiger partial charge in [-0.15, -0.1) is 5.10 Å². The zero-order valence-corrected chi connectivity index (χ0v) is 22.4. The minimum atomic E-state index is -0.445. The van der Waals surface area contributed by atoms with Crippen LogP contribution in [0.1, 0.15) is 73.1 Å². The molecule has 0 spiro atoms. The van der Waals surface area contributed by atoms with Gasteiger partial charge in [-0.25, -0.2) is 4.68 Å². The fourth-order valence-corrected chi connectivity index (χ4v) is 6.08. The molecule has 9 heteroatoms. The Balaban J connectivity index is 1.50. The van der Waals surface area contributed by atoms with E-state index in [0.29, 0.717) is 29.5 Å². The van der Waals surface area contributed by atoms with E-state index in [1.807, 2.05) is 48.0 Å². The second-order valence-corrected chi connectivity index (χ2v) is 11.1. The highest BCUT2D eigenvalue weighted by Crippen LogP contribution is 2.35. The molecule has 2 aliphatic rings. The first kappa shape index (κ1) is 25.2. The van der Waals surface area contributed by atoms with Crippen molar-refractivity contribution >= 4 is 22.5 Å². The highest BCUT2D eigenvalue weighted by atomic mass is 35.5. The summed E-state index contributed by atoms with van der Waals surface area (Å²) in [6.07, 6.45) is 6.53. The monoisotopic (exact) mass is 532 g/mol. The normalized spacial score (nSPS) is 19.1. The van der Waals surface area contributed by atoms with Crippen LogP contribution in [0, 0.1) is 6.92 Å². The van der Waals surface area contributed by atoms with Gasteiger partial charge in [0, 0.05) is 35.8 Å². The summed E-state index contributed by atoms with van der Waals surface area (Å²) in [7, 11) is 0. The molecule has 1 aliphatic heterocycles. The molecular weight excluding hydrogens is 500 g/mol. The highest BCUT2D eigenvalue weighted by molar-refractivity contribution is 6.30. The smallest absolute Gasteiger partial charge is 0.253 e. The molecule has 38 heavy (non-hydrogen) atoms. The van der Waals surface area contributed by atoms with E-state index in [1.165, 1.54) is 0 Å². The number of pyridine rings is 1. The molecule has 2 atom stereocenters. The number of hydrogen-bond donors (Lipinski definition) is 1. The number of H-pyrrole nitrogens is 1. The third-order valence-corrected chi connectivity index (χ3v) is 8.14. The Hall–Kier alpha value is -3.07. The molecule has 8 nitrogen and oxygen atoms in total. The predicted octanol–water partition coefficient (Wildman–Crippen LogP) is 5.36. The SMILES string of the molecule is Cc1ccc2cc(C(c3nnnn3C3CCCC3)N(Cc3ccc(Cl)cc3)CC3CCCO3)c(=O)[nH]c2c1. The van der Waals surface area contributed by atoms with Gasteiger partial charge in [-0.2, -0.15) is 0 Å². The number of aryl methyl sites for hydroxylation is 1. The van der Waals surface area contributed by atoms with E-state index in [4.69, 9.17) is 16.3 Å². The van der Waals surface area contributed by atoms with Crippen LogP contribution in [-0.4, -0.2) is 49.3 Å². The Morgan fingerprint density at radius 3 is 2.68 bits per heavy atom. The average Bonchev–Trinajstić information content (AvgIpc) is 3.69. The van der Waals surface area contributed by atoms with Crippen LogP contribution in [0.5, 0.6) is 0 Å². The summed E-state index contributed by atoms with van der Waals surface area (Å²) in [5.74, 6) is 0.709. The van der Waals surface area contributed by atoms with Crippen LogP contribution in [0.3, 0.4) is 0 Å². The minimum absolute atomic E-state index is 0.0859. The maximum absolute atomic E-state index is 13.7. The van der Waals surface area contributed by atoms with Gasteiger partial charge in [-0.1, -0.05) is 48.7 Å². The number of ether oxygens (including phenoxy) is 1. The molecule has 0 amide bonds. The van der Waals surface area contributed by atoms with Crippen LogP contribution in [-0.2, 0) is 11.3 Å². The Labute approximate surface area is 227 Å². The van der Waals surface area contributed by atoms with Crippen LogP contribution in [0.25, 0.3) is 10.9 Å². The second kappa shape index (κ2) is 11.0. The van der Waals surface area contributed by atoms with Crippen molar-refractivity contribution in [3.63, 3.8) is 0 Å². The van der Waals surface area contributed by atoms with Gasteiger partial charge in [-0.3, -0.25) is 9.69 Å². The molecule has 1 aliphatic carbocycles. The van der Waals surface area contributed by atoms with E-state index in [9.17, 15) is 4.79 Å². The standard InChI is InChI=1S/C29H33ClN6O2/c1-19-8-11-21-16-25(29(37)31-26(21)15-19)27(28-32-33-34-36(28)23-5-2-3-6-23)35(18-24-7-4-14-38-24)17-20-9-12-22(30)13-10-20/h8-13,15-16,23-24,27H,2-7,14,17-18H2,1H3,(H,31,37). The van der Waals surface area contributed by atoms with Crippen molar-refractivity contribution in [3.05, 3.63) is 86.4 Å². The summed E-state index contributed by atoms with van der Waals surface area (Å²) < 4.78 is 8.05. The van der Waals surface area contributed by atoms with Crippen molar-refractivity contribution < 1.29 is 4.74 Å². The average molecular weight is 533 g/mol. The molecule has 4 aromatic rings. The van der Waals surface area contributed by atoms with Crippen molar-refractivity contribution in [2.45, 2.75) is 70.2 Å². The quantitative estimate of drug-likeness (QED) is 0.328. The Morgan fingerprint density at radius 1 is 1.11 bits per heavy atom. The summed E-state index contributed by atoms with van der Waals surface area (Å²) in [5, 5.41) is 14.8. The zero-order chi connectivity index (χ0) is 26.1. The fraction of sp³-hybridized carbons (Fsp3) is 0.448. The van der Waals surface area contributed by atoms with E-state index in [-0.39, 0.29) is 17.7 Å². The van der Waals surface area contributed by atoms with Gasteiger partial charge in [0.15, 0.2) is 5.82 Å². The molecule has 0 bridgehead atoms. The largest absolute Gasteiger partial charge is 0.377 e. The summed E-state index contributed by atoms with van der Waals surface area (Å²) in [4.78, 5) is 19.2. The van der Waals surface area contributed by atoms with Gasteiger partial charge < -0.3 is 9.72 Å². The lowest BCUT2D eigenvalue weighted by Gasteiger charge is -2.33. The number of halogens is 1. The maximum Gasteiger partial charge on any atom is 0.253 e. The lowest BCUT2D eigenvalue weighted by molar-refractivity contribution is 0.0569. The van der Waals surface area contributed by atoms with E-state index < -0.39 is 6.04 Å². The van der Waals surface area contributed by atoms with Gasteiger partial charge in [0.25, 0.3) is 5.56 Å². The first-order valence-electron chi connectivity index (χ1n) is 13.6. The molecule has 0 radical (unpaired) electrons. The number of nitrogens with zero attached hydrogens (tertiary/aromatic N) is 5. The predicted molar refractivity (Wildman–Crippen MR) is 147 cm³/mol. The number of aromatic nitrogens is 5. The number of hydrogen-bond acceptors (Lipinski definition) is 6. The van der Waals surface area contributed by atoms with Gasteiger partial charge in [0.2, 0.25) is 0 Å². The lowest BCUT2D eigenvalue weighted by atomic mass is 10.0. The van der Waals surface area contributed by atoms with Gasteiger partial charge in [0.1, 0.15) is 6.04 Å². The van der Waals surface area contributed by atoms with Crippen molar-refractivity contribution in [2.24, 2.45) is 0 Å². The minimum Gasteiger partial charge on any atom is -0.377 e. The topological polar surface area (TPSA) is 88.9 Å². The number of nitrogens with one attached hydrogen (secondary N) is 1. The number of benzene rings is 2. The van der Waals surface area contributed by atoms with Gasteiger partial charge >= 0.3 is 0 Å². The van der Waals surface area contributed by atoms with Crippen LogP contribution in [0.2, 0.25) is 5.02 Å². The Morgan fingerprint density at radius 2 is 1.92 bits per heavy atom. The molecule has 2 aromatic heterocycles. The van der Waals surface area contributed by atoms with Crippen LogP contribution < -0.4 is 5.56 Å². The van der Waals surface area contributed by atoms with E-state index in [0.717, 1.165) is 67.2 Å². The Bertz CT molecular complexity index is 1450. The zero-order valence-electron chi connectivity index (χ0n) is 21.6. The molecule has 3 heterocycles. The van der Waals surface area contributed by atoms with Crippen LogP contribution in [0.15, 0.2) is 53.3 Å². The van der Waals surface area contributed by atoms with Gasteiger partial charge in [0.05, 0.1) is 12.1 Å². The molecular formula is C29H33ClN6O2.